The maximum absolute atomic E-state index is 11.6. The molecule has 1 N–H and O–H groups in total. The van der Waals surface area contributed by atoms with Crippen molar-refractivity contribution in [1.29, 1.82) is 0 Å². The Morgan fingerprint density at radius 3 is 3.00 bits per heavy atom. The number of carbonyl (C=O) groups excluding carboxylic acids is 1. The van der Waals surface area contributed by atoms with Crippen LogP contribution in [-0.4, -0.2) is 22.2 Å². The molecule has 0 saturated carbocycles. The third-order valence-corrected chi connectivity index (χ3v) is 2.42. The summed E-state index contributed by atoms with van der Waals surface area (Å²) >= 11 is 5.85. The number of hydrogen-bond acceptors (Lipinski definition) is 2. The fourth-order valence-corrected chi connectivity index (χ4v) is 1.24. The molecule has 0 saturated heterocycles. The van der Waals surface area contributed by atoms with Crippen molar-refractivity contribution in [3.05, 3.63) is 29.6 Å². The van der Waals surface area contributed by atoms with Crippen molar-refractivity contribution >= 4 is 17.5 Å². The number of hydrogen-bond donors (Lipinski definition) is 1. The molecule has 4 nitrogen and oxygen atoms in total. The van der Waals surface area contributed by atoms with Gasteiger partial charge in [0.05, 0.1) is 10.7 Å². The summed E-state index contributed by atoms with van der Waals surface area (Å²) in [6, 6.07) is -0.365. The van der Waals surface area contributed by atoms with Crippen LogP contribution in [0.3, 0.4) is 0 Å². The van der Waals surface area contributed by atoms with E-state index >= 15 is 0 Å². The smallest absolute Gasteiger partial charge is 0.244 e. The van der Waals surface area contributed by atoms with E-state index in [9.17, 15) is 4.79 Å². The maximum Gasteiger partial charge on any atom is 0.244 e. The number of nitrogens with zero attached hydrogens (tertiary/aromatic N) is 2. The Balaban J connectivity index is 2.71. The van der Waals surface area contributed by atoms with Crippen LogP contribution >= 0.6 is 11.6 Å². The third kappa shape index (κ3) is 2.83. The minimum Gasteiger partial charge on any atom is -0.351 e. The maximum atomic E-state index is 11.6. The highest BCUT2D eigenvalue weighted by Gasteiger charge is 2.15. The van der Waals surface area contributed by atoms with Crippen molar-refractivity contribution in [2.45, 2.75) is 19.9 Å². The van der Waals surface area contributed by atoms with Gasteiger partial charge in [0, 0.05) is 12.7 Å². The van der Waals surface area contributed by atoms with Gasteiger partial charge in [-0.05, 0) is 13.8 Å². The minimum atomic E-state index is -0.365. The molecule has 1 aromatic rings. The zero-order chi connectivity index (χ0) is 11.4. The second-order valence-electron chi connectivity index (χ2n) is 3.25. The van der Waals surface area contributed by atoms with Crippen LogP contribution in [0.15, 0.2) is 18.9 Å². The largest absolute Gasteiger partial charge is 0.351 e. The second kappa shape index (κ2) is 4.98. The van der Waals surface area contributed by atoms with Gasteiger partial charge < -0.3 is 5.32 Å². The number of amides is 1. The Hall–Kier alpha value is -1.29. The van der Waals surface area contributed by atoms with Crippen LogP contribution in [0.4, 0.5) is 0 Å². The Bertz CT molecular complexity index is 353. The molecule has 0 spiro atoms. The summed E-state index contributed by atoms with van der Waals surface area (Å²) in [6.45, 7) is 7.54. The van der Waals surface area contributed by atoms with E-state index in [0.717, 1.165) is 5.69 Å². The molecule has 1 amide bonds. The van der Waals surface area contributed by atoms with E-state index in [4.69, 9.17) is 11.6 Å². The van der Waals surface area contributed by atoms with E-state index in [2.05, 4.69) is 17.0 Å². The molecular weight excluding hydrogens is 214 g/mol. The first-order valence-corrected chi connectivity index (χ1v) is 5.04. The van der Waals surface area contributed by atoms with Crippen LogP contribution in [0.5, 0.6) is 0 Å². The van der Waals surface area contributed by atoms with Gasteiger partial charge in [0.2, 0.25) is 5.91 Å². The summed E-state index contributed by atoms with van der Waals surface area (Å²) in [5.41, 5.74) is 0.722. The summed E-state index contributed by atoms with van der Waals surface area (Å²) in [5.74, 6) is -0.103. The number of aromatic nitrogens is 2. The van der Waals surface area contributed by atoms with E-state index in [1.165, 1.54) is 0 Å². The van der Waals surface area contributed by atoms with Crippen molar-refractivity contribution in [1.82, 2.24) is 15.1 Å². The molecule has 0 bridgehead atoms. The van der Waals surface area contributed by atoms with Gasteiger partial charge in [0.15, 0.2) is 0 Å². The van der Waals surface area contributed by atoms with Gasteiger partial charge >= 0.3 is 0 Å². The van der Waals surface area contributed by atoms with Gasteiger partial charge in [-0.3, -0.25) is 9.48 Å². The highest BCUT2D eigenvalue weighted by Crippen LogP contribution is 2.15. The zero-order valence-corrected chi connectivity index (χ0v) is 9.58. The first-order chi connectivity index (χ1) is 7.06. The standard InChI is InChI=1S/C10H14ClN3O/c1-4-5-12-10(15)8(3)14-6-9(11)7(2)13-14/h4,6,8H,1,5H2,2-3H3,(H,12,15). The van der Waals surface area contributed by atoms with Crippen molar-refractivity contribution in [2.75, 3.05) is 6.54 Å². The Morgan fingerprint density at radius 2 is 2.53 bits per heavy atom. The first kappa shape index (κ1) is 11.8. The lowest BCUT2D eigenvalue weighted by molar-refractivity contribution is -0.123. The Labute approximate surface area is 93.9 Å². The normalized spacial score (nSPS) is 12.2. The monoisotopic (exact) mass is 227 g/mol. The molecule has 1 aromatic heterocycles. The molecular formula is C10H14ClN3O. The Kier molecular flexibility index (Phi) is 3.91. The molecule has 1 rings (SSSR count). The van der Waals surface area contributed by atoms with Crippen molar-refractivity contribution in [3.63, 3.8) is 0 Å². The molecule has 15 heavy (non-hydrogen) atoms. The summed E-state index contributed by atoms with van der Waals surface area (Å²) < 4.78 is 1.55. The molecule has 0 aliphatic heterocycles. The number of halogens is 1. The average molecular weight is 228 g/mol. The summed E-state index contributed by atoms with van der Waals surface area (Å²) in [4.78, 5) is 11.6. The highest BCUT2D eigenvalue weighted by molar-refractivity contribution is 6.31. The van der Waals surface area contributed by atoms with E-state index in [1.807, 2.05) is 0 Å². The molecule has 1 atom stereocenters. The van der Waals surface area contributed by atoms with E-state index in [0.29, 0.717) is 11.6 Å². The predicted octanol–water partition coefficient (Wildman–Crippen LogP) is 1.71. The SMILES string of the molecule is C=CCNC(=O)C(C)n1cc(Cl)c(C)n1. The highest BCUT2D eigenvalue weighted by atomic mass is 35.5. The number of nitrogens with one attached hydrogen (secondary N) is 1. The average Bonchev–Trinajstić information content (AvgIpc) is 2.54. The third-order valence-electron chi connectivity index (χ3n) is 2.05. The fraction of sp³-hybridized carbons (Fsp3) is 0.400. The van der Waals surface area contributed by atoms with Crippen molar-refractivity contribution in [2.24, 2.45) is 0 Å². The molecule has 0 radical (unpaired) electrons. The van der Waals surface area contributed by atoms with Gasteiger partial charge in [-0.1, -0.05) is 17.7 Å². The lowest BCUT2D eigenvalue weighted by Gasteiger charge is -2.11. The molecule has 82 valence electrons. The molecule has 0 aliphatic carbocycles. The quantitative estimate of drug-likeness (QED) is 0.796. The minimum absolute atomic E-state index is 0.103. The van der Waals surface area contributed by atoms with Gasteiger partial charge in [-0.25, -0.2) is 0 Å². The molecule has 0 aliphatic rings. The van der Waals surface area contributed by atoms with Crippen LogP contribution in [-0.2, 0) is 4.79 Å². The van der Waals surface area contributed by atoms with Gasteiger partial charge in [-0.2, -0.15) is 5.10 Å². The van der Waals surface area contributed by atoms with E-state index < -0.39 is 0 Å². The number of aryl methyl sites for hydroxylation is 1. The van der Waals surface area contributed by atoms with E-state index in [-0.39, 0.29) is 11.9 Å². The molecule has 1 unspecified atom stereocenters. The van der Waals surface area contributed by atoms with Gasteiger partial charge in [0.1, 0.15) is 6.04 Å². The fourth-order valence-electron chi connectivity index (χ4n) is 1.10. The second-order valence-corrected chi connectivity index (χ2v) is 3.66. The van der Waals surface area contributed by atoms with Crippen LogP contribution in [0.25, 0.3) is 0 Å². The molecule has 1 heterocycles. The van der Waals surface area contributed by atoms with Crippen molar-refractivity contribution < 1.29 is 4.79 Å². The number of rotatable bonds is 4. The summed E-state index contributed by atoms with van der Waals surface area (Å²) in [6.07, 6.45) is 3.28. The lowest BCUT2D eigenvalue weighted by atomic mass is 10.3. The Morgan fingerprint density at radius 1 is 1.87 bits per heavy atom. The molecule has 5 heteroatoms. The van der Waals surface area contributed by atoms with Crippen molar-refractivity contribution in [3.8, 4) is 0 Å². The first-order valence-electron chi connectivity index (χ1n) is 4.66. The van der Waals surface area contributed by atoms with Gasteiger partial charge in [-0.15, -0.1) is 6.58 Å². The zero-order valence-electron chi connectivity index (χ0n) is 8.83. The van der Waals surface area contributed by atoms with Crippen LogP contribution in [0, 0.1) is 6.92 Å². The van der Waals surface area contributed by atoms with E-state index in [1.54, 1.807) is 30.8 Å². The lowest BCUT2D eigenvalue weighted by Crippen LogP contribution is -2.31. The van der Waals surface area contributed by atoms with Crippen LogP contribution in [0.2, 0.25) is 5.02 Å². The van der Waals surface area contributed by atoms with Crippen LogP contribution < -0.4 is 5.32 Å². The predicted molar refractivity (Wildman–Crippen MR) is 59.9 cm³/mol. The van der Waals surface area contributed by atoms with Gasteiger partial charge in [0.25, 0.3) is 0 Å². The van der Waals surface area contributed by atoms with Crippen LogP contribution in [0.1, 0.15) is 18.7 Å². The topological polar surface area (TPSA) is 46.9 Å². The molecule has 0 fully saturated rings. The number of carbonyl (C=O) groups is 1. The summed E-state index contributed by atoms with van der Waals surface area (Å²) in [5, 5.41) is 7.40. The summed E-state index contributed by atoms with van der Waals surface area (Å²) in [7, 11) is 0. The molecule has 0 aromatic carbocycles.